The van der Waals surface area contributed by atoms with Gasteiger partial charge in [0.05, 0.1) is 18.8 Å². The molecule has 164 valence electrons. The minimum atomic E-state index is -0.596. The number of carbonyl (C=O) groups excluding carboxylic acids is 2. The zero-order valence-corrected chi connectivity index (χ0v) is 17.9. The van der Waals surface area contributed by atoms with Crippen LogP contribution in [0.3, 0.4) is 0 Å². The zero-order chi connectivity index (χ0) is 20.9. The third kappa shape index (κ3) is 5.49. The van der Waals surface area contributed by atoms with Gasteiger partial charge >= 0.3 is 5.97 Å². The van der Waals surface area contributed by atoms with E-state index >= 15 is 0 Å². The maximum absolute atomic E-state index is 12.4. The maximum Gasteiger partial charge on any atom is 0.305 e. The van der Waals surface area contributed by atoms with Crippen LogP contribution < -0.4 is 0 Å². The number of carbonyl (C=O) groups is 2. The number of ether oxygens (including phenoxy) is 1. The molecule has 0 amide bonds. The van der Waals surface area contributed by atoms with Crippen molar-refractivity contribution in [3.05, 3.63) is 12.2 Å². The van der Waals surface area contributed by atoms with Crippen LogP contribution in [0.4, 0.5) is 0 Å². The number of methoxy groups -OCH3 is 1. The molecule has 5 nitrogen and oxygen atoms in total. The second kappa shape index (κ2) is 10.2. The number of unbranched alkanes of at least 4 members (excludes halogenated alkanes) is 3. The number of ketones is 1. The van der Waals surface area contributed by atoms with Gasteiger partial charge in [0, 0.05) is 24.7 Å². The van der Waals surface area contributed by atoms with Gasteiger partial charge in [0.25, 0.3) is 0 Å². The van der Waals surface area contributed by atoms with Crippen molar-refractivity contribution in [1.29, 1.82) is 0 Å². The lowest BCUT2D eigenvalue weighted by atomic mass is 9.55. The first-order valence-electron chi connectivity index (χ1n) is 11.6. The molecule has 29 heavy (non-hydrogen) atoms. The second-order valence-electron chi connectivity index (χ2n) is 9.54. The maximum atomic E-state index is 12.4. The molecule has 5 heteroatoms. The molecule has 6 atom stereocenters. The molecule has 0 aliphatic heterocycles. The minimum Gasteiger partial charge on any atom is -0.469 e. The molecule has 0 saturated heterocycles. The lowest BCUT2D eigenvalue weighted by Crippen LogP contribution is -2.54. The van der Waals surface area contributed by atoms with Crippen molar-refractivity contribution in [3.63, 3.8) is 0 Å². The van der Waals surface area contributed by atoms with E-state index in [1.165, 1.54) is 26.4 Å². The number of hydrogen-bond acceptors (Lipinski definition) is 5. The summed E-state index contributed by atoms with van der Waals surface area (Å²) in [5.74, 6) is 0.904. The van der Waals surface area contributed by atoms with Crippen LogP contribution in [-0.4, -0.2) is 40.8 Å². The Morgan fingerprint density at radius 3 is 2.72 bits per heavy atom. The second-order valence-corrected chi connectivity index (χ2v) is 9.54. The number of hydrogen-bond donors (Lipinski definition) is 2. The first-order valence-corrected chi connectivity index (χ1v) is 11.6. The SMILES string of the molecule is COC(=O)CCCCCC[C@H]1C(=O)C[C@@H](O)[C@@H]1/C=C/CC1(O)CC2CCCCC21. The third-order valence-electron chi connectivity index (χ3n) is 7.65. The van der Waals surface area contributed by atoms with Crippen molar-refractivity contribution in [1.82, 2.24) is 0 Å². The molecule has 3 aliphatic carbocycles. The summed E-state index contributed by atoms with van der Waals surface area (Å²) in [4.78, 5) is 23.5. The topological polar surface area (TPSA) is 83.8 Å². The molecule has 0 aromatic carbocycles. The van der Waals surface area contributed by atoms with Gasteiger partial charge in [0.15, 0.2) is 0 Å². The summed E-state index contributed by atoms with van der Waals surface area (Å²) in [6.07, 6.45) is 15.1. The molecule has 3 rings (SSSR count). The average molecular weight is 407 g/mol. The van der Waals surface area contributed by atoms with Crippen LogP contribution in [-0.2, 0) is 14.3 Å². The van der Waals surface area contributed by atoms with E-state index in [2.05, 4.69) is 4.74 Å². The molecule has 3 unspecified atom stereocenters. The quantitative estimate of drug-likeness (QED) is 0.326. The molecule has 0 aromatic rings. The predicted octanol–water partition coefficient (Wildman–Crippen LogP) is 3.95. The van der Waals surface area contributed by atoms with E-state index in [9.17, 15) is 19.8 Å². The molecular weight excluding hydrogens is 368 g/mol. The highest BCUT2D eigenvalue weighted by Gasteiger charge is 2.52. The highest BCUT2D eigenvalue weighted by Crippen LogP contribution is 2.53. The number of esters is 1. The first kappa shape index (κ1) is 22.5. The van der Waals surface area contributed by atoms with Crippen LogP contribution in [0.2, 0.25) is 0 Å². The summed E-state index contributed by atoms with van der Waals surface area (Å²) in [6.45, 7) is 0. The monoisotopic (exact) mass is 406 g/mol. The number of aliphatic hydroxyl groups excluding tert-OH is 1. The highest BCUT2D eigenvalue weighted by atomic mass is 16.5. The fraction of sp³-hybridized carbons (Fsp3) is 0.833. The van der Waals surface area contributed by atoms with Gasteiger partial charge in [-0.25, -0.2) is 0 Å². The molecule has 2 N–H and O–H groups in total. The van der Waals surface area contributed by atoms with Gasteiger partial charge in [-0.3, -0.25) is 9.59 Å². The Morgan fingerprint density at radius 2 is 1.97 bits per heavy atom. The van der Waals surface area contributed by atoms with E-state index < -0.39 is 11.7 Å². The van der Waals surface area contributed by atoms with Crippen molar-refractivity contribution in [3.8, 4) is 0 Å². The van der Waals surface area contributed by atoms with E-state index in [4.69, 9.17) is 0 Å². The summed E-state index contributed by atoms with van der Waals surface area (Å²) in [7, 11) is 1.41. The first-order chi connectivity index (χ1) is 13.9. The fourth-order valence-electron chi connectivity index (χ4n) is 5.95. The van der Waals surface area contributed by atoms with Gasteiger partial charge in [0.1, 0.15) is 5.78 Å². The van der Waals surface area contributed by atoms with Gasteiger partial charge in [-0.2, -0.15) is 0 Å². The number of rotatable bonds is 10. The summed E-state index contributed by atoms with van der Waals surface area (Å²) in [5.41, 5.74) is -0.565. The normalized spacial score (nSPS) is 36.8. The Balaban J connectivity index is 1.42. The Morgan fingerprint density at radius 1 is 1.21 bits per heavy atom. The highest BCUT2D eigenvalue weighted by molar-refractivity contribution is 5.84. The fourth-order valence-corrected chi connectivity index (χ4v) is 5.95. The van der Waals surface area contributed by atoms with E-state index in [-0.39, 0.29) is 30.0 Å². The Bertz CT molecular complexity index is 600. The van der Waals surface area contributed by atoms with Gasteiger partial charge in [-0.15, -0.1) is 0 Å². The van der Waals surface area contributed by atoms with Crippen molar-refractivity contribution < 1.29 is 24.5 Å². The molecule has 0 aromatic heterocycles. The Labute approximate surface area is 174 Å². The summed E-state index contributed by atoms with van der Waals surface area (Å²) in [5, 5.41) is 21.3. The molecule has 0 radical (unpaired) electrons. The lowest BCUT2D eigenvalue weighted by Gasteiger charge is -2.54. The largest absolute Gasteiger partial charge is 0.469 e. The molecule has 3 aliphatic rings. The predicted molar refractivity (Wildman–Crippen MR) is 111 cm³/mol. The zero-order valence-electron chi connectivity index (χ0n) is 17.9. The number of fused-ring (bicyclic) bond motifs is 1. The van der Waals surface area contributed by atoms with Crippen molar-refractivity contribution in [2.75, 3.05) is 7.11 Å². The van der Waals surface area contributed by atoms with Crippen molar-refractivity contribution in [2.45, 2.75) is 95.2 Å². The van der Waals surface area contributed by atoms with E-state index in [0.29, 0.717) is 24.7 Å². The van der Waals surface area contributed by atoms with Gasteiger partial charge in [-0.1, -0.05) is 44.3 Å². The van der Waals surface area contributed by atoms with Gasteiger partial charge < -0.3 is 14.9 Å². The lowest BCUT2D eigenvalue weighted by molar-refractivity contribution is -0.151. The van der Waals surface area contributed by atoms with Crippen LogP contribution in [0.15, 0.2) is 12.2 Å². The molecule has 3 saturated carbocycles. The summed E-state index contributed by atoms with van der Waals surface area (Å²) in [6, 6.07) is 0. The van der Waals surface area contributed by atoms with E-state index in [0.717, 1.165) is 44.9 Å². The van der Waals surface area contributed by atoms with Crippen molar-refractivity contribution in [2.24, 2.45) is 23.7 Å². The molecule has 0 heterocycles. The summed E-state index contributed by atoms with van der Waals surface area (Å²) < 4.78 is 4.64. The number of aliphatic hydroxyl groups is 2. The molecule has 0 spiro atoms. The van der Waals surface area contributed by atoms with Crippen LogP contribution in [0.1, 0.15) is 83.5 Å². The Kier molecular flexibility index (Phi) is 7.92. The molecule has 3 fully saturated rings. The van der Waals surface area contributed by atoms with E-state index in [1.54, 1.807) is 0 Å². The molecule has 0 bridgehead atoms. The van der Waals surface area contributed by atoms with Crippen LogP contribution in [0, 0.1) is 23.7 Å². The van der Waals surface area contributed by atoms with Crippen LogP contribution in [0.5, 0.6) is 0 Å². The average Bonchev–Trinajstić information content (AvgIpc) is 2.96. The standard InChI is InChI=1S/C24H38O5/c1-29-23(27)13-5-3-2-4-10-18-19(22(26)15-21(18)25)11-8-14-24(28)16-17-9-6-7-12-20(17)24/h8,11,17-20,22,26,28H,2-7,9-10,12-16H2,1H3/b11-8+/t17?,18-,19-,20?,22-,24?/m1/s1. The van der Waals surface area contributed by atoms with Gasteiger partial charge in [-0.05, 0) is 50.4 Å². The smallest absolute Gasteiger partial charge is 0.305 e. The van der Waals surface area contributed by atoms with Crippen LogP contribution >= 0.6 is 0 Å². The van der Waals surface area contributed by atoms with Crippen LogP contribution in [0.25, 0.3) is 0 Å². The van der Waals surface area contributed by atoms with Crippen molar-refractivity contribution >= 4 is 11.8 Å². The summed E-state index contributed by atoms with van der Waals surface area (Å²) >= 11 is 0. The Hall–Kier alpha value is -1.20. The van der Waals surface area contributed by atoms with Gasteiger partial charge in [0.2, 0.25) is 0 Å². The van der Waals surface area contributed by atoms with E-state index in [1.807, 2.05) is 12.2 Å². The molecular formula is C24H38O5. The number of Topliss-reactive ketones (excluding diaryl/α,β-unsaturated/α-hetero) is 1. The third-order valence-corrected chi connectivity index (χ3v) is 7.65. The minimum absolute atomic E-state index is 0.111.